The molecule has 24 heavy (non-hydrogen) atoms. The van der Waals surface area contributed by atoms with E-state index in [0.29, 0.717) is 6.54 Å². The van der Waals surface area contributed by atoms with Crippen LogP contribution in [-0.2, 0) is 4.74 Å². The van der Waals surface area contributed by atoms with Crippen molar-refractivity contribution >= 4 is 11.6 Å². The van der Waals surface area contributed by atoms with E-state index in [4.69, 9.17) is 4.74 Å². The Morgan fingerprint density at radius 3 is 2.88 bits per heavy atom. The van der Waals surface area contributed by atoms with Crippen molar-refractivity contribution in [3.8, 4) is 0 Å². The van der Waals surface area contributed by atoms with Crippen LogP contribution in [-0.4, -0.2) is 30.1 Å². The molecule has 0 aromatic heterocycles. The number of nitrogens with zero attached hydrogens (tertiary/aromatic N) is 1. The summed E-state index contributed by atoms with van der Waals surface area (Å²) in [7, 11) is 0. The van der Waals surface area contributed by atoms with E-state index >= 15 is 0 Å². The van der Waals surface area contributed by atoms with Crippen LogP contribution in [0.5, 0.6) is 0 Å². The molecule has 1 saturated heterocycles. The number of rotatable bonds is 3. The summed E-state index contributed by atoms with van der Waals surface area (Å²) in [6.07, 6.45) is 2.07. The number of anilines is 1. The molecular formula is C20H22N2O2. The normalized spacial score (nSPS) is 23.0. The van der Waals surface area contributed by atoms with Crippen molar-refractivity contribution in [2.75, 3.05) is 18.5 Å². The highest BCUT2D eigenvalue weighted by Crippen LogP contribution is 2.34. The van der Waals surface area contributed by atoms with Crippen LogP contribution < -0.4 is 5.32 Å². The number of amides is 1. The number of carbonyl (C=O) groups excluding carboxylic acids is 1. The Balaban J connectivity index is 1.72. The number of para-hydroxylation sites is 1. The smallest absolute Gasteiger partial charge is 0.257 e. The van der Waals surface area contributed by atoms with Crippen LogP contribution in [0.15, 0.2) is 48.5 Å². The molecule has 2 aliphatic heterocycles. The zero-order chi connectivity index (χ0) is 16.5. The highest BCUT2D eigenvalue weighted by molar-refractivity contribution is 6.01. The van der Waals surface area contributed by atoms with Crippen molar-refractivity contribution in [2.24, 2.45) is 0 Å². The van der Waals surface area contributed by atoms with Crippen molar-refractivity contribution in [1.82, 2.24) is 4.90 Å². The molecule has 2 aromatic rings. The Hall–Kier alpha value is -2.33. The zero-order valence-electron chi connectivity index (χ0n) is 13.9. The van der Waals surface area contributed by atoms with Crippen LogP contribution in [0.2, 0.25) is 0 Å². The second-order valence-corrected chi connectivity index (χ2v) is 6.60. The van der Waals surface area contributed by atoms with E-state index in [-0.39, 0.29) is 18.2 Å². The summed E-state index contributed by atoms with van der Waals surface area (Å²) in [4.78, 5) is 15.0. The molecule has 124 valence electrons. The Morgan fingerprint density at radius 1 is 1.21 bits per heavy atom. The van der Waals surface area contributed by atoms with Crippen molar-refractivity contribution in [2.45, 2.75) is 32.0 Å². The maximum atomic E-state index is 13.1. The third kappa shape index (κ3) is 2.78. The fraction of sp³-hybridized carbons (Fsp3) is 0.350. The SMILES string of the molecule is Cc1cccc([C@H]2Nc3ccccc3C(=O)N2C[C@@H]2CCCO2)c1. The number of nitrogens with one attached hydrogen (secondary N) is 1. The molecule has 0 spiro atoms. The van der Waals surface area contributed by atoms with E-state index in [9.17, 15) is 4.79 Å². The molecule has 4 nitrogen and oxygen atoms in total. The molecule has 0 unspecified atom stereocenters. The van der Waals surface area contributed by atoms with Gasteiger partial charge in [0.15, 0.2) is 0 Å². The van der Waals surface area contributed by atoms with Gasteiger partial charge in [0, 0.05) is 18.8 Å². The quantitative estimate of drug-likeness (QED) is 0.936. The van der Waals surface area contributed by atoms with E-state index in [1.54, 1.807) is 0 Å². The highest BCUT2D eigenvalue weighted by Gasteiger charge is 2.35. The van der Waals surface area contributed by atoms with E-state index in [1.165, 1.54) is 5.56 Å². The topological polar surface area (TPSA) is 41.6 Å². The number of benzene rings is 2. The van der Waals surface area contributed by atoms with Gasteiger partial charge in [0.1, 0.15) is 6.17 Å². The second-order valence-electron chi connectivity index (χ2n) is 6.60. The number of hydrogen-bond donors (Lipinski definition) is 1. The van der Waals surface area contributed by atoms with E-state index in [0.717, 1.165) is 36.3 Å². The Kier molecular flexibility index (Phi) is 3.98. The fourth-order valence-electron chi connectivity index (χ4n) is 3.59. The standard InChI is InChI=1S/C20H22N2O2/c1-14-6-4-7-15(12-14)19-21-18-10-3-2-9-17(18)20(23)22(19)13-16-8-5-11-24-16/h2-4,6-7,9-10,12,16,19,21H,5,8,11,13H2,1H3/t16-,19-/m0/s1. The van der Waals surface area contributed by atoms with E-state index in [2.05, 4.69) is 30.4 Å². The lowest BCUT2D eigenvalue weighted by Gasteiger charge is -2.39. The van der Waals surface area contributed by atoms with Gasteiger partial charge in [0.25, 0.3) is 5.91 Å². The lowest BCUT2D eigenvalue weighted by Crippen LogP contribution is -2.46. The van der Waals surface area contributed by atoms with Gasteiger partial charge in [-0.05, 0) is 37.5 Å². The number of ether oxygens (including phenoxy) is 1. The first kappa shape index (κ1) is 15.2. The molecule has 2 heterocycles. The number of hydrogen-bond acceptors (Lipinski definition) is 3. The summed E-state index contributed by atoms with van der Waals surface area (Å²) in [5.41, 5.74) is 3.94. The minimum Gasteiger partial charge on any atom is -0.376 e. The maximum absolute atomic E-state index is 13.1. The predicted octanol–water partition coefficient (Wildman–Crippen LogP) is 3.74. The van der Waals surface area contributed by atoms with Crippen LogP contribution in [0, 0.1) is 6.92 Å². The van der Waals surface area contributed by atoms with Gasteiger partial charge in [0.2, 0.25) is 0 Å². The van der Waals surface area contributed by atoms with Crippen LogP contribution in [0.1, 0.15) is 40.5 Å². The third-order valence-corrected chi connectivity index (χ3v) is 4.80. The highest BCUT2D eigenvalue weighted by atomic mass is 16.5. The van der Waals surface area contributed by atoms with Crippen molar-refractivity contribution in [1.29, 1.82) is 0 Å². The average molecular weight is 322 g/mol. The van der Waals surface area contributed by atoms with Gasteiger partial charge in [-0.2, -0.15) is 0 Å². The van der Waals surface area contributed by atoms with Gasteiger partial charge < -0.3 is 15.0 Å². The maximum Gasteiger partial charge on any atom is 0.257 e. The number of aryl methyl sites for hydroxylation is 1. The van der Waals surface area contributed by atoms with Crippen molar-refractivity contribution < 1.29 is 9.53 Å². The Morgan fingerprint density at radius 2 is 2.08 bits per heavy atom. The van der Waals surface area contributed by atoms with E-state index < -0.39 is 0 Å². The first-order valence-corrected chi connectivity index (χ1v) is 8.57. The lowest BCUT2D eigenvalue weighted by atomic mass is 10.0. The summed E-state index contributed by atoms with van der Waals surface area (Å²) in [5, 5.41) is 3.54. The first-order chi connectivity index (χ1) is 11.7. The molecule has 1 amide bonds. The third-order valence-electron chi connectivity index (χ3n) is 4.80. The number of carbonyl (C=O) groups is 1. The molecule has 1 N–H and O–H groups in total. The largest absolute Gasteiger partial charge is 0.376 e. The van der Waals surface area contributed by atoms with Crippen molar-refractivity contribution in [3.63, 3.8) is 0 Å². The molecule has 4 rings (SSSR count). The molecule has 0 saturated carbocycles. The molecule has 1 fully saturated rings. The molecule has 4 heteroatoms. The van der Waals surface area contributed by atoms with E-state index in [1.807, 2.05) is 35.2 Å². The molecule has 2 atom stereocenters. The first-order valence-electron chi connectivity index (χ1n) is 8.57. The van der Waals surface area contributed by atoms with Gasteiger partial charge >= 0.3 is 0 Å². The van der Waals surface area contributed by atoms with Crippen LogP contribution in [0.25, 0.3) is 0 Å². The van der Waals surface area contributed by atoms with Gasteiger partial charge in [-0.3, -0.25) is 4.79 Å². The summed E-state index contributed by atoms with van der Waals surface area (Å²) in [5.74, 6) is 0.0753. The predicted molar refractivity (Wildman–Crippen MR) is 94.0 cm³/mol. The number of fused-ring (bicyclic) bond motifs is 1. The van der Waals surface area contributed by atoms with Crippen molar-refractivity contribution in [3.05, 3.63) is 65.2 Å². The van der Waals surface area contributed by atoms with Gasteiger partial charge in [-0.1, -0.05) is 42.0 Å². The van der Waals surface area contributed by atoms with Crippen LogP contribution in [0.3, 0.4) is 0 Å². The minimum absolute atomic E-state index is 0.0753. The zero-order valence-corrected chi connectivity index (χ0v) is 13.9. The summed E-state index contributed by atoms with van der Waals surface area (Å²) in [6, 6.07) is 16.1. The molecule has 0 radical (unpaired) electrons. The fourth-order valence-corrected chi connectivity index (χ4v) is 3.59. The second kappa shape index (κ2) is 6.29. The molecule has 2 aliphatic rings. The van der Waals surface area contributed by atoms with Crippen LogP contribution in [0.4, 0.5) is 5.69 Å². The monoisotopic (exact) mass is 322 g/mol. The molecule has 2 aromatic carbocycles. The molecule has 0 aliphatic carbocycles. The molecular weight excluding hydrogens is 300 g/mol. The van der Waals surface area contributed by atoms with Gasteiger partial charge in [-0.25, -0.2) is 0 Å². The summed E-state index contributed by atoms with van der Waals surface area (Å²) < 4.78 is 5.78. The minimum atomic E-state index is -0.156. The summed E-state index contributed by atoms with van der Waals surface area (Å²) >= 11 is 0. The summed E-state index contributed by atoms with van der Waals surface area (Å²) in [6.45, 7) is 3.50. The van der Waals surface area contributed by atoms with Gasteiger partial charge in [0.05, 0.1) is 11.7 Å². The Bertz CT molecular complexity index is 753. The van der Waals surface area contributed by atoms with Crippen LogP contribution >= 0.6 is 0 Å². The Labute approximate surface area is 142 Å². The lowest BCUT2D eigenvalue weighted by molar-refractivity contribution is 0.0427. The van der Waals surface area contributed by atoms with Gasteiger partial charge in [-0.15, -0.1) is 0 Å². The molecule has 0 bridgehead atoms. The average Bonchev–Trinajstić information content (AvgIpc) is 3.10.